The highest BCUT2D eigenvalue weighted by Gasteiger charge is 2.48. The molecule has 0 aromatic heterocycles. The smallest absolute Gasteiger partial charge is 0.115 e. The number of aromatic hydroxyl groups is 1. The van der Waals surface area contributed by atoms with Gasteiger partial charge in [0.25, 0.3) is 0 Å². The Hall–Kier alpha value is -1.28. The maximum Gasteiger partial charge on any atom is 0.115 e. The second-order valence-corrected chi connectivity index (χ2v) is 7.04. The molecule has 2 bridgehead atoms. The van der Waals surface area contributed by atoms with Crippen LogP contribution in [0, 0.1) is 5.92 Å². The van der Waals surface area contributed by atoms with E-state index in [-0.39, 0.29) is 5.41 Å². The highest BCUT2D eigenvalue weighted by atomic mass is 16.3. The van der Waals surface area contributed by atoms with E-state index in [0.717, 1.165) is 12.8 Å². The topological polar surface area (TPSA) is 23.5 Å². The minimum Gasteiger partial charge on any atom is -0.508 e. The maximum absolute atomic E-state index is 9.86. The van der Waals surface area contributed by atoms with Gasteiger partial charge in [-0.1, -0.05) is 26.0 Å². The molecule has 3 rings (SSSR count). The Morgan fingerprint density at radius 2 is 2.29 bits per heavy atom. The highest BCUT2D eigenvalue weighted by Crippen LogP contribution is 2.49. The van der Waals surface area contributed by atoms with E-state index in [4.69, 9.17) is 0 Å². The van der Waals surface area contributed by atoms with Gasteiger partial charge in [0, 0.05) is 6.04 Å². The molecule has 1 N–H and O–H groups in total. The number of unbranched alkanes of at least 4 members (excludes halogenated alkanes) is 1. The van der Waals surface area contributed by atoms with E-state index in [1.165, 1.54) is 37.1 Å². The van der Waals surface area contributed by atoms with Crippen molar-refractivity contribution in [2.45, 2.75) is 51.0 Å². The average Bonchev–Trinajstić information content (AvgIpc) is 2.46. The van der Waals surface area contributed by atoms with E-state index >= 15 is 0 Å². The molecule has 1 heterocycles. The average molecular weight is 285 g/mol. The minimum absolute atomic E-state index is 0.214. The molecular formula is C19H27NO. The number of rotatable bonds is 4. The molecule has 2 nitrogen and oxygen atoms in total. The molecule has 1 aromatic carbocycles. The second kappa shape index (κ2) is 5.49. The molecule has 1 saturated heterocycles. The monoisotopic (exact) mass is 285 g/mol. The van der Waals surface area contributed by atoms with Gasteiger partial charge < -0.3 is 5.11 Å². The summed E-state index contributed by atoms with van der Waals surface area (Å²) < 4.78 is 0. The van der Waals surface area contributed by atoms with Gasteiger partial charge in [0.2, 0.25) is 0 Å². The number of allylic oxidation sites excluding steroid dienone is 1. The summed E-state index contributed by atoms with van der Waals surface area (Å²) in [5.41, 5.74) is 3.04. The van der Waals surface area contributed by atoms with Gasteiger partial charge in [-0.25, -0.2) is 0 Å². The third-order valence-corrected chi connectivity index (χ3v) is 5.96. The quantitative estimate of drug-likeness (QED) is 0.670. The summed E-state index contributed by atoms with van der Waals surface area (Å²) >= 11 is 0. The number of phenolic OH excluding ortho intramolecular Hbond substituents is 1. The first-order chi connectivity index (χ1) is 10.1. The van der Waals surface area contributed by atoms with E-state index in [9.17, 15) is 5.11 Å². The van der Waals surface area contributed by atoms with Crippen LogP contribution in [0.4, 0.5) is 0 Å². The van der Waals surface area contributed by atoms with Crippen LogP contribution in [0.5, 0.6) is 5.75 Å². The summed E-state index contributed by atoms with van der Waals surface area (Å²) in [5.74, 6) is 1.05. The first kappa shape index (κ1) is 14.6. The third kappa shape index (κ3) is 2.40. The lowest BCUT2D eigenvalue weighted by Crippen LogP contribution is -2.58. The van der Waals surface area contributed by atoms with Gasteiger partial charge in [-0.3, -0.25) is 4.90 Å². The molecule has 3 atom stereocenters. The maximum atomic E-state index is 9.86. The van der Waals surface area contributed by atoms with E-state index in [0.29, 0.717) is 17.7 Å². The van der Waals surface area contributed by atoms with Crippen molar-refractivity contribution in [3.05, 3.63) is 42.0 Å². The van der Waals surface area contributed by atoms with E-state index < -0.39 is 0 Å². The Morgan fingerprint density at radius 3 is 3.05 bits per heavy atom. The lowest BCUT2D eigenvalue weighted by molar-refractivity contribution is 0.0309. The fourth-order valence-electron chi connectivity index (χ4n) is 4.41. The van der Waals surface area contributed by atoms with Crippen molar-refractivity contribution < 1.29 is 5.11 Å². The molecule has 114 valence electrons. The van der Waals surface area contributed by atoms with Crippen molar-refractivity contribution in [1.29, 1.82) is 0 Å². The number of hydrogen-bond donors (Lipinski definition) is 1. The molecule has 0 unspecified atom stereocenters. The largest absolute Gasteiger partial charge is 0.508 e. The number of nitrogens with zero attached hydrogens (tertiary/aromatic N) is 1. The van der Waals surface area contributed by atoms with Gasteiger partial charge in [0.1, 0.15) is 5.75 Å². The van der Waals surface area contributed by atoms with Gasteiger partial charge in [-0.15, -0.1) is 6.58 Å². The zero-order valence-electron chi connectivity index (χ0n) is 13.3. The van der Waals surface area contributed by atoms with Crippen LogP contribution in [-0.4, -0.2) is 29.1 Å². The molecule has 0 saturated carbocycles. The molecule has 2 heteroatoms. The molecule has 21 heavy (non-hydrogen) atoms. The van der Waals surface area contributed by atoms with Gasteiger partial charge in [-0.05, 0) is 73.4 Å². The highest BCUT2D eigenvalue weighted by molar-refractivity contribution is 5.44. The van der Waals surface area contributed by atoms with Crippen LogP contribution in [0.25, 0.3) is 0 Å². The Morgan fingerprint density at radius 1 is 1.48 bits per heavy atom. The first-order valence-electron chi connectivity index (χ1n) is 8.23. The zero-order valence-corrected chi connectivity index (χ0v) is 13.3. The fourth-order valence-corrected chi connectivity index (χ4v) is 4.41. The summed E-state index contributed by atoms with van der Waals surface area (Å²) in [4.78, 5) is 2.69. The van der Waals surface area contributed by atoms with Crippen LogP contribution < -0.4 is 0 Å². The van der Waals surface area contributed by atoms with Gasteiger partial charge >= 0.3 is 0 Å². The van der Waals surface area contributed by atoms with Crippen LogP contribution in [0.3, 0.4) is 0 Å². The van der Waals surface area contributed by atoms with Crippen molar-refractivity contribution >= 4 is 0 Å². The van der Waals surface area contributed by atoms with Crippen molar-refractivity contribution in [2.24, 2.45) is 5.92 Å². The summed E-state index contributed by atoms with van der Waals surface area (Å²) in [6.45, 7) is 11.0. The predicted molar refractivity (Wildman–Crippen MR) is 87.7 cm³/mol. The molecule has 1 aliphatic carbocycles. The SMILES string of the molecule is C=CCCCN1CC[C@]2(C)c3cc(O)ccc3C[C@H]1[C@H]2C. The lowest BCUT2D eigenvalue weighted by atomic mass is 9.59. The van der Waals surface area contributed by atoms with Crippen molar-refractivity contribution in [2.75, 3.05) is 13.1 Å². The van der Waals surface area contributed by atoms with Crippen LogP contribution in [0.2, 0.25) is 0 Å². The van der Waals surface area contributed by atoms with E-state index in [2.05, 4.69) is 31.4 Å². The molecule has 1 aromatic rings. The second-order valence-electron chi connectivity index (χ2n) is 7.04. The molecule has 0 spiro atoms. The summed E-state index contributed by atoms with van der Waals surface area (Å²) in [6.07, 6.45) is 6.66. The Bertz CT molecular complexity index is 538. The Kier molecular flexibility index (Phi) is 3.83. The zero-order chi connectivity index (χ0) is 15.0. The van der Waals surface area contributed by atoms with Crippen LogP contribution >= 0.6 is 0 Å². The molecule has 0 radical (unpaired) electrons. The van der Waals surface area contributed by atoms with Crippen LogP contribution in [-0.2, 0) is 11.8 Å². The van der Waals surface area contributed by atoms with Crippen molar-refractivity contribution in [3.8, 4) is 5.75 Å². The van der Waals surface area contributed by atoms with Gasteiger partial charge in [-0.2, -0.15) is 0 Å². The molecular weight excluding hydrogens is 258 g/mol. The first-order valence-corrected chi connectivity index (χ1v) is 8.23. The number of benzene rings is 1. The van der Waals surface area contributed by atoms with Crippen molar-refractivity contribution in [3.63, 3.8) is 0 Å². The van der Waals surface area contributed by atoms with Crippen LogP contribution in [0.15, 0.2) is 30.9 Å². The molecule has 2 aliphatic rings. The number of piperidine rings is 1. The lowest BCUT2D eigenvalue weighted by Gasteiger charge is -2.54. The summed E-state index contributed by atoms with van der Waals surface area (Å²) in [6, 6.07) is 6.63. The summed E-state index contributed by atoms with van der Waals surface area (Å²) in [5, 5.41) is 9.86. The van der Waals surface area contributed by atoms with Gasteiger partial charge in [0.15, 0.2) is 0 Å². The number of fused-ring (bicyclic) bond motifs is 4. The summed E-state index contributed by atoms with van der Waals surface area (Å²) in [7, 11) is 0. The van der Waals surface area contributed by atoms with Gasteiger partial charge in [0.05, 0.1) is 0 Å². The fraction of sp³-hybridized carbons (Fsp3) is 0.579. The third-order valence-electron chi connectivity index (χ3n) is 5.96. The van der Waals surface area contributed by atoms with E-state index in [1.54, 1.807) is 0 Å². The molecule has 1 aliphatic heterocycles. The normalized spacial score (nSPS) is 31.7. The Labute approximate surface area is 128 Å². The number of hydrogen-bond acceptors (Lipinski definition) is 2. The molecule has 0 amide bonds. The van der Waals surface area contributed by atoms with Crippen molar-refractivity contribution in [1.82, 2.24) is 4.90 Å². The van der Waals surface area contributed by atoms with E-state index in [1.807, 2.05) is 18.2 Å². The van der Waals surface area contributed by atoms with Crippen LogP contribution in [0.1, 0.15) is 44.2 Å². The number of phenols is 1. The Balaban J connectivity index is 1.88. The molecule has 1 fully saturated rings. The minimum atomic E-state index is 0.214. The predicted octanol–water partition coefficient (Wildman–Crippen LogP) is 3.88. The standard InChI is InChI=1S/C19H27NO/c1-4-5-6-10-20-11-9-19(3)14(2)18(20)12-15-7-8-16(21)13-17(15)19/h4,7-8,13-14,18,21H,1,5-6,9-12H2,2-3H3/t14-,18+,19+/m1/s1. The number of likely N-dealkylation sites (tertiary alicyclic amines) is 1.